The number of hydrogen-bond donors (Lipinski definition) is 2. The first-order valence-electron chi connectivity index (χ1n) is 16.4. The van der Waals surface area contributed by atoms with Crippen molar-refractivity contribution in [3.63, 3.8) is 0 Å². The third-order valence-corrected chi connectivity index (χ3v) is 10.3. The van der Waals surface area contributed by atoms with Crippen LogP contribution in [0, 0.1) is 11.8 Å². The summed E-state index contributed by atoms with van der Waals surface area (Å²) in [6.45, 7) is 12.1. The van der Waals surface area contributed by atoms with Gasteiger partial charge in [-0.15, -0.1) is 13.2 Å². The average Bonchev–Trinajstić information content (AvgIpc) is 3.64. The molecule has 1 aromatic rings. The number of hydrogen-bond acceptors (Lipinski definition) is 7. The fourth-order valence-electron chi connectivity index (χ4n) is 7.34. The van der Waals surface area contributed by atoms with Gasteiger partial charge >= 0.3 is 5.97 Å². The number of halogens is 1. The van der Waals surface area contributed by atoms with Crippen LogP contribution < -0.4 is 5.32 Å². The average molecular weight is 703 g/mol. The molecule has 3 heterocycles. The van der Waals surface area contributed by atoms with E-state index >= 15 is 0 Å². The Hall–Kier alpha value is -3.02. The number of nitrogens with one attached hydrogen (secondary N) is 1. The normalized spacial score (nSPS) is 27.5. The predicted molar refractivity (Wildman–Crippen MR) is 178 cm³/mol. The van der Waals surface area contributed by atoms with E-state index < -0.39 is 47.5 Å². The number of aliphatic hydroxyl groups excluding tert-OH is 1. The van der Waals surface area contributed by atoms with Crippen LogP contribution in [0.15, 0.2) is 55.6 Å². The highest BCUT2D eigenvalue weighted by Crippen LogP contribution is 2.60. The number of benzene rings is 1. The van der Waals surface area contributed by atoms with Gasteiger partial charge in [0.05, 0.1) is 24.0 Å². The Morgan fingerprint density at radius 2 is 1.98 bits per heavy atom. The van der Waals surface area contributed by atoms with E-state index in [0.29, 0.717) is 32.2 Å². The molecule has 0 radical (unpaired) electrons. The monoisotopic (exact) mass is 701 g/mol. The van der Waals surface area contributed by atoms with Crippen LogP contribution in [0.5, 0.6) is 0 Å². The summed E-state index contributed by atoms with van der Waals surface area (Å²) in [5.74, 6) is -3.02. The molecule has 3 aliphatic heterocycles. The van der Waals surface area contributed by atoms with Crippen LogP contribution in [0.4, 0.5) is 0 Å². The zero-order chi connectivity index (χ0) is 33.4. The molecule has 3 saturated heterocycles. The topological polar surface area (TPSA) is 125 Å². The van der Waals surface area contributed by atoms with Crippen LogP contribution in [-0.2, 0) is 28.7 Å². The molecule has 2 unspecified atom stereocenters. The van der Waals surface area contributed by atoms with Gasteiger partial charge in [-0.05, 0) is 44.6 Å². The van der Waals surface area contributed by atoms with Crippen molar-refractivity contribution < 1.29 is 33.8 Å². The number of alkyl halides is 1. The molecule has 0 saturated carbocycles. The number of fused-ring (bicyclic) bond motifs is 1. The zero-order valence-corrected chi connectivity index (χ0v) is 28.5. The van der Waals surface area contributed by atoms with Gasteiger partial charge in [-0.2, -0.15) is 0 Å². The van der Waals surface area contributed by atoms with Gasteiger partial charge in [0.2, 0.25) is 17.7 Å². The van der Waals surface area contributed by atoms with E-state index in [4.69, 9.17) is 9.47 Å². The third kappa shape index (κ3) is 7.26. The summed E-state index contributed by atoms with van der Waals surface area (Å²) >= 11 is 3.74. The van der Waals surface area contributed by atoms with Crippen LogP contribution in [0.2, 0.25) is 0 Å². The number of unbranched alkanes of at least 4 members (excludes halogenated alkanes) is 1. The third-order valence-electron chi connectivity index (χ3n) is 9.46. The van der Waals surface area contributed by atoms with Gasteiger partial charge in [0.25, 0.3) is 0 Å². The van der Waals surface area contributed by atoms with Gasteiger partial charge in [-0.3, -0.25) is 19.2 Å². The summed E-state index contributed by atoms with van der Waals surface area (Å²) in [4.78, 5) is 58.6. The van der Waals surface area contributed by atoms with E-state index in [1.54, 1.807) is 22.0 Å². The number of amides is 3. The van der Waals surface area contributed by atoms with E-state index in [2.05, 4.69) is 41.3 Å². The number of aliphatic hydroxyl groups is 1. The summed E-state index contributed by atoms with van der Waals surface area (Å²) in [6, 6.07) is 7.58. The van der Waals surface area contributed by atoms with Crippen molar-refractivity contribution in [1.82, 2.24) is 15.1 Å². The van der Waals surface area contributed by atoms with Gasteiger partial charge in [-0.1, -0.05) is 71.8 Å². The number of nitrogens with zero attached hydrogens (tertiary/aromatic N) is 2. The number of ether oxygens (including phenoxy) is 2. The Morgan fingerprint density at radius 1 is 1.24 bits per heavy atom. The lowest BCUT2D eigenvalue weighted by Crippen LogP contribution is -2.58. The highest BCUT2D eigenvalue weighted by molar-refractivity contribution is 9.09. The molecule has 0 aliphatic carbocycles. The Balaban J connectivity index is 1.66. The molecular weight excluding hydrogens is 654 g/mol. The molecule has 2 N–H and O–H groups in total. The van der Waals surface area contributed by atoms with Gasteiger partial charge in [0.1, 0.15) is 18.2 Å². The molecule has 2 bridgehead atoms. The molecule has 1 aromatic carbocycles. The fourth-order valence-corrected chi connectivity index (χ4v) is 8.29. The molecular formula is C35H48BrN3O7. The van der Waals surface area contributed by atoms with Gasteiger partial charge in [-0.25, -0.2) is 0 Å². The number of carbonyl (C=O) groups is 4. The van der Waals surface area contributed by atoms with Gasteiger partial charge < -0.3 is 29.7 Å². The Kier molecular flexibility index (Phi) is 12.6. The van der Waals surface area contributed by atoms with Crippen LogP contribution in [-0.4, -0.2) is 93.5 Å². The second-order valence-corrected chi connectivity index (χ2v) is 13.7. The van der Waals surface area contributed by atoms with E-state index in [9.17, 15) is 24.3 Å². The minimum absolute atomic E-state index is 0.0303. The minimum Gasteiger partial charge on any atom is -0.463 e. The summed E-state index contributed by atoms with van der Waals surface area (Å²) in [7, 11) is 0. The molecule has 252 valence electrons. The van der Waals surface area contributed by atoms with Crippen LogP contribution in [0.25, 0.3) is 0 Å². The van der Waals surface area contributed by atoms with Crippen LogP contribution >= 0.6 is 15.9 Å². The first-order chi connectivity index (χ1) is 22.1. The number of likely N-dealkylation sites (tertiary alicyclic amines) is 1. The number of rotatable bonds is 18. The van der Waals surface area contributed by atoms with Crippen molar-refractivity contribution >= 4 is 39.6 Å². The largest absolute Gasteiger partial charge is 0.463 e. The molecule has 4 rings (SSSR count). The molecule has 46 heavy (non-hydrogen) atoms. The van der Waals surface area contributed by atoms with Crippen molar-refractivity contribution in [1.29, 1.82) is 0 Å². The second-order valence-electron chi connectivity index (χ2n) is 12.5. The maximum absolute atomic E-state index is 14.5. The molecule has 3 amide bonds. The molecule has 11 heteroatoms. The molecule has 3 aliphatic rings. The lowest BCUT2D eigenvalue weighted by molar-refractivity contribution is -0.149. The predicted octanol–water partition coefficient (Wildman–Crippen LogP) is 4.08. The summed E-state index contributed by atoms with van der Waals surface area (Å²) in [5, 5.41) is 12.5. The standard InChI is InChI=1S/C35H48BrN3O7/c1-5-8-17-27(41)45-22-26(24-15-10-9-11-16-24)37-32(42)28-29-33(43)39(19-12-13-20-40)31(35(29)21-25(36)30(28)46-35)34(44)38(18-7-3)23(4)14-6-2/h5,7,9-11,15-16,23,25-26,28-31,40H,1,3,6,8,12-14,17-22H2,2,4H3,(H,37,42)/t23?,25?,26-,28-,29+,30-,31-,35+/m0/s1. The van der Waals surface area contributed by atoms with Crippen molar-refractivity contribution in [3.05, 3.63) is 61.2 Å². The van der Waals surface area contributed by atoms with Crippen molar-refractivity contribution in [2.75, 3.05) is 26.3 Å². The van der Waals surface area contributed by atoms with E-state index in [-0.39, 0.29) is 48.9 Å². The molecule has 3 fully saturated rings. The highest BCUT2D eigenvalue weighted by atomic mass is 79.9. The first-order valence-corrected chi connectivity index (χ1v) is 17.3. The van der Waals surface area contributed by atoms with E-state index in [1.165, 1.54) is 0 Å². The minimum atomic E-state index is -1.20. The highest BCUT2D eigenvalue weighted by Gasteiger charge is 2.76. The van der Waals surface area contributed by atoms with E-state index in [1.807, 2.05) is 37.3 Å². The van der Waals surface area contributed by atoms with Gasteiger partial charge in [0.15, 0.2) is 0 Å². The van der Waals surface area contributed by atoms with E-state index in [0.717, 1.165) is 18.4 Å². The molecule has 1 spiro atoms. The Labute approximate surface area is 280 Å². The lowest BCUT2D eigenvalue weighted by Gasteiger charge is -2.39. The quantitative estimate of drug-likeness (QED) is 0.102. The van der Waals surface area contributed by atoms with Crippen molar-refractivity contribution in [2.24, 2.45) is 11.8 Å². The lowest BCUT2D eigenvalue weighted by atomic mass is 9.70. The number of carbonyl (C=O) groups excluding carboxylic acids is 4. The van der Waals surface area contributed by atoms with Crippen LogP contribution in [0.1, 0.15) is 70.4 Å². The van der Waals surface area contributed by atoms with Gasteiger partial charge in [0, 0.05) is 37.0 Å². The smallest absolute Gasteiger partial charge is 0.306 e. The Bertz CT molecular complexity index is 1260. The summed E-state index contributed by atoms with van der Waals surface area (Å²) in [5.41, 5.74) is -0.443. The number of esters is 1. The summed E-state index contributed by atoms with van der Waals surface area (Å²) in [6.07, 6.45) is 6.43. The fraction of sp³-hybridized carbons (Fsp3) is 0.600. The maximum atomic E-state index is 14.5. The SMILES string of the molecule is C=CCCC(=O)OC[C@H](NC(=O)[C@@H]1[C@H]2O[C@@]3(CC2Br)[C@H](C(=O)N(CC=C)C(C)CCC)N(CCCCO)C(=O)[C@@H]13)c1ccccc1. The van der Waals surface area contributed by atoms with Crippen molar-refractivity contribution in [3.8, 4) is 0 Å². The number of allylic oxidation sites excluding steroid dienone is 1. The summed E-state index contributed by atoms with van der Waals surface area (Å²) < 4.78 is 12.2. The van der Waals surface area contributed by atoms with Crippen molar-refractivity contribution in [2.45, 2.75) is 93.5 Å². The Morgan fingerprint density at radius 3 is 2.63 bits per heavy atom. The molecule has 8 atom stereocenters. The maximum Gasteiger partial charge on any atom is 0.306 e. The molecule has 10 nitrogen and oxygen atoms in total. The zero-order valence-electron chi connectivity index (χ0n) is 26.9. The molecule has 0 aromatic heterocycles. The first kappa shape index (κ1) is 35.8. The van der Waals surface area contributed by atoms with Crippen LogP contribution in [0.3, 0.4) is 0 Å². The second kappa shape index (κ2) is 16.2.